The van der Waals surface area contributed by atoms with Gasteiger partial charge in [-0.25, -0.2) is 0 Å². The second-order valence-electron chi connectivity index (χ2n) is 7.30. The Morgan fingerprint density at radius 1 is 1.12 bits per heavy atom. The van der Waals surface area contributed by atoms with Crippen LogP contribution in [-0.2, 0) is 10.3 Å². The Morgan fingerprint density at radius 2 is 1.71 bits per heavy atom. The predicted molar refractivity (Wildman–Crippen MR) is 94.4 cm³/mol. The summed E-state index contributed by atoms with van der Waals surface area (Å²) in [6.07, 6.45) is 5.84. The lowest BCUT2D eigenvalue weighted by Gasteiger charge is -2.43. The summed E-state index contributed by atoms with van der Waals surface area (Å²) in [7, 11) is 2.19. The average molecular weight is 331 g/mol. The first-order chi connectivity index (χ1) is 11.5. The first-order valence-corrected chi connectivity index (χ1v) is 8.90. The van der Waals surface area contributed by atoms with Gasteiger partial charge in [-0.3, -0.25) is 14.7 Å². The molecular weight excluding hydrogens is 302 g/mol. The molecular formula is C18H29N5O. The smallest absolute Gasteiger partial charge is 0.247 e. The van der Waals surface area contributed by atoms with Gasteiger partial charge in [0.2, 0.25) is 5.91 Å². The van der Waals surface area contributed by atoms with Crippen LogP contribution in [0.15, 0.2) is 24.5 Å². The SMILES string of the molecule is CN1CCC(N2CCN(C(=O)[C@](C)(N)c3ccncc3)CC2)CC1. The van der Waals surface area contributed by atoms with Crippen LogP contribution >= 0.6 is 0 Å². The quantitative estimate of drug-likeness (QED) is 0.873. The van der Waals surface area contributed by atoms with Gasteiger partial charge in [0.15, 0.2) is 0 Å². The maximum absolute atomic E-state index is 12.9. The Hall–Kier alpha value is -1.50. The zero-order chi connectivity index (χ0) is 17.2. The summed E-state index contributed by atoms with van der Waals surface area (Å²) in [4.78, 5) is 23.8. The molecule has 0 saturated carbocycles. The summed E-state index contributed by atoms with van der Waals surface area (Å²) >= 11 is 0. The molecule has 2 saturated heterocycles. The molecule has 1 aromatic rings. The van der Waals surface area contributed by atoms with E-state index in [1.807, 2.05) is 17.0 Å². The van der Waals surface area contributed by atoms with Gasteiger partial charge >= 0.3 is 0 Å². The maximum Gasteiger partial charge on any atom is 0.247 e. The van der Waals surface area contributed by atoms with Crippen LogP contribution in [0.25, 0.3) is 0 Å². The van der Waals surface area contributed by atoms with E-state index in [1.165, 1.54) is 25.9 Å². The largest absolute Gasteiger partial charge is 0.338 e. The molecule has 1 aromatic heterocycles. The van der Waals surface area contributed by atoms with Crippen LogP contribution < -0.4 is 5.73 Å². The molecule has 24 heavy (non-hydrogen) atoms. The van der Waals surface area contributed by atoms with E-state index < -0.39 is 5.54 Å². The summed E-state index contributed by atoms with van der Waals surface area (Å²) in [6.45, 7) is 7.58. The van der Waals surface area contributed by atoms with Gasteiger partial charge < -0.3 is 15.5 Å². The van der Waals surface area contributed by atoms with E-state index in [-0.39, 0.29) is 5.91 Å². The second kappa shape index (κ2) is 7.17. The summed E-state index contributed by atoms with van der Waals surface area (Å²) in [6, 6.07) is 4.32. The van der Waals surface area contributed by atoms with Gasteiger partial charge in [-0.05, 0) is 57.6 Å². The molecule has 0 aliphatic carbocycles. The molecule has 2 aliphatic heterocycles. The number of piperazine rings is 1. The number of hydrogen-bond donors (Lipinski definition) is 1. The number of carbonyl (C=O) groups is 1. The summed E-state index contributed by atoms with van der Waals surface area (Å²) in [5.41, 5.74) is 6.20. The van der Waals surface area contributed by atoms with Crippen LogP contribution in [0.4, 0.5) is 0 Å². The molecule has 1 atom stereocenters. The molecule has 3 heterocycles. The molecule has 0 unspecified atom stereocenters. The van der Waals surface area contributed by atoms with Crippen LogP contribution in [0.5, 0.6) is 0 Å². The highest BCUT2D eigenvalue weighted by Crippen LogP contribution is 2.22. The Labute approximate surface area is 144 Å². The van der Waals surface area contributed by atoms with E-state index in [0.717, 1.165) is 31.7 Å². The minimum atomic E-state index is -0.987. The number of hydrogen-bond acceptors (Lipinski definition) is 5. The maximum atomic E-state index is 12.9. The highest BCUT2D eigenvalue weighted by atomic mass is 16.2. The van der Waals surface area contributed by atoms with Crippen molar-refractivity contribution >= 4 is 5.91 Å². The van der Waals surface area contributed by atoms with E-state index in [0.29, 0.717) is 6.04 Å². The van der Waals surface area contributed by atoms with Gasteiger partial charge in [-0.15, -0.1) is 0 Å². The van der Waals surface area contributed by atoms with Crippen molar-refractivity contribution in [2.75, 3.05) is 46.3 Å². The van der Waals surface area contributed by atoms with Gasteiger partial charge in [0.25, 0.3) is 0 Å². The third-order valence-electron chi connectivity index (χ3n) is 5.53. The Morgan fingerprint density at radius 3 is 2.29 bits per heavy atom. The minimum absolute atomic E-state index is 0.0109. The monoisotopic (exact) mass is 331 g/mol. The molecule has 132 valence electrons. The van der Waals surface area contributed by atoms with Crippen molar-refractivity contribution in [2.45, 2.75) is 31.3 Å². The fraction of sp³-hybridized carbons (Fsp3) is 0.667. The third kappa shape index (κ3) is 3.61. The number of amides is 1. The first-order valence-electron chi connectivity index (χ1n) is 8.90. The van der Waals surface area contributed by atoms with Crippen molar-refractivity contribution in [1.82, 2.24) is 19.7 Å². The molecule has 6 nitrogen and oxygen atoms in total. The summed E-state index contributed by atoms with van der Waals surface area (Å²) < 4.78 is 0. The number of nitrogens with zero attached hydrogens (tertiary/aromatic N) is 4. The lowest BCUT2D eigenvalue weighted by molar-refractivity contribution is -0.139. The molecule has 0 bridgehead atoms. The standard InChI is InChI=1S/C18H29N5O/c1-18(19,15-3-7-20-8-4-15)17(24)23-13-11-22(12-14-23)16-5-9-21(2)10-6-16/h3-4,7-8,16H,5-6,9-14,19H2,1-2H3/t18-/m1/s1. The highest BCUT2D eigenvalue weighted by molar-refractivity contribution is 5.87. The van der Waals surface area contributed by atoms with Crippen LogP contribution in [0.2, 0.25) is 0 Å². The molecule has 2 aliphatic rings. The van der Waals surface area contributed by atoms with Crippen molar-refractivity contribution in [2.24, 2.45) is 5.73 Å². The van der Waals surface area contributed by atoms with Crippen molar-refractivity contribution in [3.8, 4) is 0 Å². The number of piperidine rings is 1. The average Bonchev–Trinajstić information content (AvgIpc) is 2.62. The third-order valence-corrected chi connectivity index (χ3v) is 5.53. The van der Waals surface area contributed by atoms with Crippen LogP contribution in [0, 0.1) is 0 Å². The molecule has 6 heteroatoms. The molecule has 3 rings (SSSR count). The van der Waals surface area contributed by atoms with Gasteiger partial charge in [0.1, 0.15) is 5.54 Å². The number of carbonyl (C=O) groups excluding carboxylic acids is 1. The van der Waals surface area contributed by atoms with Gasteiger partial charge in [-0.2, -0.15) is 0 Å². The van der Waals surface area contributed by atoms with Crippen molar-refractivity contribution in [3.05, 3.63) is 30.1 Å². The number of rotatable bonds is 3. The van der Waals surface area contributed by atoms with E-state index in [4.69, 9.17) is 5.73 Å². The zero-order valence-electron chi connectivity index (χ0n) is 14.8. The van der Waals surface area contributed by atoms with E-state index >= 15 is 0 Å². The van der Waals surface area contributed by atoms with Gasteiger partial charge in [0.05, 0.1) is 0 Å². The summed E-state index contributed by atoms with van der Waals surface area (Å²) in [5.74, 6) is 0.0109. The van der Waals surface area contributed by atoms with Crippen LogP contribution in [0.1, 0.15) is 25.3 Å². The Balaban J connectivity index is 1.57. The molecule has 2 N–H and O–H groups in total. The van der Waals surface area contributed by atoms with E-state index in [1.54, 1.807) is 19.3 Å². The molecule has 1 amide bonds. The first kappa shape index (κ1) is 17.3. The molecule has 2 fully saturated rings. The molecule has 0 spiro atoms. The van der Waals surface area contributed by atoms with Gasteiger partial charge in [0, 0.05) is 44.6 Å². The second-order valence-corrected chi connectivity index (χ2v) is 7.30. The van der Waals surface area contributed by atoms with Gasteiger partial charge in [-0.1, -0.05) is 0 Å². The van der Waals surface area contributed by atoms with Crippen molar-refractivity contribution < 1.29 is 4.79 Å². The number of pyridine rings is 1. The predicted octanol–water partition coefficient (Wildman–Crippen LogP) is 0.494. The van der Waals surface area contributed by atoms with Crippen molar-refractivity contribution in [3.63, 3.8) is 0 Å². The van der Waals surface area contributed by atoms with Crippen molar-refractivity contribution in [1.29, 1.82) is 0 Å². The van der Waals surface area contributed by atoms with Crippen LogP contribution in [-0.4, -0.2) is 77.9 Å². The van der Waals surface area contributed by atoms with E-state index in [9.17, 15) is 4.79 Å². The zero-order valence-corrected chi connectivity index (χ0v) is 14.8. The lowest BCUT2D eigenvalue weighted by Crippen LogP contribution is -2.58. The minimum Gasteiger partial charge on any atom is -0.338 e. The fourth-order valence-electron chi connectivity index (χ4n) is 3.80. The number of aromatic nitrogens is 1. The number of likely N-dealkylation sites (tertiary alicyclic amines) is 1. The highest BCUT2D eigenvalue weighted by Gasteiger charge is 2.36. The summed E-state index contributed by atoms with van der Waals surface area (Å²) in [5, 5.41) is 0. The normalized spacial score (nSPS) is 23.9. The lowest BCUT2D eigenvalue weighted by atomic mass is 9.92. The van der Waals surface area contributed by atoms with Crippen LogP contribution in [0.3, 0.4) is 0 Å². The molecule has 0 radical (unpaired) electrons. The molecule has 0 aromatic carbocycles. The Kier molecular flexibility index (Phi) is 5.18. The van der Waals surface area contributed by atoms with E-state index in [2.05, 4.69) is 21.8 Å². The Bertz CT molecular complexity index is 546. The fourth-order valence-corrected chi connectivity index (χ4v) is 3.80. The topological polar surface area (TPSA) is 65.7 Å². The number of nitrogens with two attached hydrogens (primary N) is 1.